The third-order valence-electron chi connectivity index (χ3n) is 4.82. The lowest BCUT2D eigenvalue weighted by atomic mass is 9.96. The van der Waals surface area contributed by atoms with Gasteiger partial charge in [0.15, 0.2) is 0 Å². The van der Waals surface area contributed by atoms with Gasteiger partial charge in [0, 0.05) is 45.9 Å². The van der Waals surface area contributed by atoms with Crippen LogP contribution in [0.3, 0.4) is 0 Å². The van der Waals surface area contributed by atoms with Crippen molar-refractivity contribution in [3.05, 3.63) is 46.6 Å². The Kier molecular flexibility index (Phi) is 5.73. The van der Waals surface area contributed by atoms with Gasteiger partial charge in [-0.1, -0.05) is 18.2 Å². The van der Waals surface area contributed by atoms with Gasteiger partial charge in [0.05, 0.1) is 5.69 Å². The Hall–Kier alpha value is -2.90. The van der Waals surface area contributed by atoms with Crippen molar-refractivity contribution in [3.8, 4) is 5.69 Å². The minimum absolute atomic E-state index is 0.00225. The van der Waals surface area contributed by atoms with E-state index in [0.29, 0.717) is 25.5 Å². The molecule has 8 heteroatoms. The maximum absolute atomic E-state index is 12.6. The second kappa shape index (κ2) is 8.20. The summed E-state index contributed by atoms with van der Waals surface area (Å²) in [7, 11) is 1.64. The standard InChI is InChI=1S/C19H25N5O3/c1-14(25)20-11-10-17(26)23-12-6-7-15(13-23)18-21-22(2)19(27)24(18)16-8-4-3-5-9-16/h3-5,8-9,15H,6-7,10-13H2,1-2H3,(H,20,25)/t15-/m0/s1. The van der Waals surface area contributed by atoms with Gasteiger partial charge in [-0.3, -0.25) is 9.59 Å². The Morgan fingerprint density at radius 2 is 2.00 bits per heavy atom. The number of aryl methyl sites for hydroxylation is 1. The molecule has 1 saturated heterocycles. The molecule has 27 heavy (non-hydrogen) atoms. The SMILES string of the molecule is CC(=O)NCCC(=O)N1CCC[C@H](c2nn(C)c(=O)n2-c2ccccc2)C1. The molecule has 2 heterocycles. The van der Waals surface area contributed by atoms with Crippen LogP contribution in [0.25, 0.3) is 5.69 Å². The van der Waals surface area contributed by atoms with Crippen molar-refractivity contribution in [1.82, 2.24) is 24.6 Å². The number of nitrogens with zero attached hydrogens (tertiary/aromatic N) is 4. The van der Waals surface area contributed by atoms with Crippen molar-refractivity contribution in [3.63, 3.8) is 0 Å². The number of nitrogens with one attached hydrogen (secondary N) is 1. The van der Waals surface area contributed by atoms with Crippen molar-refractivity contribution >= 4 is 11.8 Å². The molecule has 0 unspecified atom stereocenters. The van der Waals surface area contributed by atoms with E-state index in [1.807, 2.05) is 35.2 Å². The molecular weight excluding hydrogens is 346 g/mol. The third-order valence-corrected chi connectivity index (χ3v) is 4.82. The van der Waals surface area contributed by atoms with Crippen molar-refractivity contribution < 1.29 is 9.59 Å². The van der Waals surface area contributed by atoms with Gasteiger partial charge in [-0.2, -0.15) is 5.10 Å². The van der Waals surface area contributed by atoms with Gasteiger partial charge >= 0.3 is 5.69 Å². The number of amides is 2. The van der Waals surface area contributed by atoms with Crippen LogP contribution in [0.1, 0.15) is 37.9 Å². The summed E-state index contributed by atoms with van der Waals surface area (Å²) in [5.41, 5.74) is 0.588. The summed E-state index contributed by atoms with van der Waals surface area (Å²) in [4.78, 5) is 37.8. The van der Waals surface area contributed by atoms with Crippen LogP contribution >= 0.6 is 0 Å². The van der Waals surface area contributed by atoms with E-state index in [9.17, 15) is 14.4 Å². The molecule has 1 aromatic heterocycles. The monoisotopic (exact) mass is 371 g/mol. The average molecular weight is 371 g/mol. The molecule has 1 aliphatic heterocycles. The van der Waals surface area contributed by atoms with Crippen LogP contribution in [0, 0.1) is 0 Å². The van der Waals surface area contributed by atoms with E-state index in [2.05, 4.69) is 10.4 Å². The Labute approximate surface area is 157 Å². The number of hydrogen-bond donors (Lipinski definition) is 1. The number of rotatable bonds is 5. The summed E-state index contributed by atoms with van der Waals surface area (Å²) in [6, 6.07) is 9.44. The maximum Gasteiger partial charge on any atom is 0.350 e. The molecule has 0 radical (unpaired) electrons. The second-order valence-electron chi connectivity index (χ2n) is 6.85. The summed E-state index contributed by atoms with van der Waals surface area (Å²) in [5.74, 6) is 0.559. The molecule has 1 fully saturated rings. The zero-order valence-corrected chi connectivity index (χ0v) is 15.7. The molecule has 1 N–H and O–H groups in total. The van der Waals surface area contributed by atoms with Gasteiger partial charge < -0.3 is 10.2 Å². The third kappa shape index (κ3) is 4.27. The lowest BCUT2D eigenvalue weighted by Gasteiger charge is -2.32. The summed E-state index contributed by atoms with van der Waals surface area (Å²) >= 11 is 0. The summed E-state index contributed by atoms with van der Waals surface area (Å²) in [5, 5.41) is 7.11. The van der Waals surface area contributed by atoms with Crippen LogP contribution in [-0.2, 0) is 16.6 Å². The fourth-order valence-electron chi connectivity index (χ4n) is 3.49. The number of para-hydroxylation sites is 1. The zero-order chi connectivity index (χ0) is 19.4. The second-order valence-corrected chi connectivity index (χ2v) is 6.85. The largest absolute Gasteiger partial charge is 0.356 e. The van der Waals surface area contributed by atoms with Gasteiger partial charge in [0.25, 0.3) is 0 Å². The molecule has 0 saturated carbocycles. The molecule has 8 nitrogen and oxygen atoms in total. The molecule has 1 atom stereocenters. The first-order chi connectivity index (χ1) is 13.0. The summed E-state index contributed by atoms with van der Waals surface area (Å²) in [6.45, 7) is 3.00. The van der Waals surface area contributed by atoms with Crippen LogP contribution < -0.4 is 11.0 Å². The molecule has 2 aromatic rings. The molecule has 144 valence electrons. The van der Waals surface area contributed by atoms with Gasteiger partial charge in [-0.15, -0.1) is 0 Å². The van der Waals surface area contributed by atoms with Crippen molar-refractivity contribution in [2.24, 2.45) is 7.05 Å². The number of piperidine rings is 1. The fraction of sp³-hybridized carbons (Fsp3) is 0.474. The number of hydrogen-bond acceptors (Lipinski definition) is 4. The lowest BCUT2D eigenvalue weighted by molar-refractivity contribution is -0.132. The van der Waals surface area contributed by atoms with Crippen molar-refractivity contribution in [1.29, 1.82) is 0 Å². The highest BCUT2D eigenvalue weighted by Gasteiger charge is 2.29. The number of likely N-dealkylation sites (tertiary alicyclic amines) is 1. The number of carbonyl (C=O) groups is 2. The molecular formula is C19H25N5O3. The Bertz CT molecular complexity index is 871. The van der Waals surface area contributed by atoms with Gasteiger partial charge in [-0.25, -0.2) is 14.0 Å². The molecule has 0 spiro atoms. The minimum Gasteiger partial charge on any atom is -0.356 e. The van der Waals surface area contributed by atoms with Gasteiger partial charge in [0.1, 0.15) is 5.82 Å². The lowest BCUT2D eigenvalue weighted by Crippen LogP contribution is -2.41. The normalized spacial score (nSPS) is 17.0. The zero-order valence-electron chi connectivity index (χ0n) is 15.7. The number of carbonyl (C=O) groups excluding carboxylic acids is 2. The molecule has 2 amide bonds. The van der Waals surface area contributed by atoms with E-state index in [-0.39, 0.29) is 29.8 Å². The topological polar surface area (TPSA) is 89.2 Å². The van der Waals surface area contributed by atoms with E-state index >= 15 is 0 Å². The van der Waals surface area contributed by atoms with E-state index in [1.54, 1.807) is 11.6 Å². The number of benzene rings is 1. The van der Waals surface area contributed by atoms with Crippen molar-refractivity contribution in [2.75, 3.05) is 19.6 Å². The van der Waals surface area contributed by atoms with E-state index in [0.717, 1.165) is 18.5 Å². The predicted molar refractivity (Wildman–Crippen MR) is 101 cm³/mol. The Morgan fingerprint density at radius 1 is 1.26 bits per heavy atom. The highest BCUT2D eigenvalue weighted by atomic mass is 16.2. The van der Waals surface area contributed by atoms with Crippen LogP contribution in [0.4, 0.5) is 0 Å². The highest BCUT2D eigenvalue weighted by Crippen LogP contribution is 2.26. The molecule has 1 aliphatic rings. The van der Waals surface area contributed by atoms with Crippen LogP contribution in [0.15, 0.2) is 35.1 Å². The smallest absolute Gasteiger partial charge is 0.350 e. The van der Waals surface area contributed by atoms with Crippen molar-refractivity contribution in [2.45, 2.75) is 32.1 Å². The predicted octanol–water partition coefficient (Wildman–Crippen LogP) is 0.803. The van der Waals surface area contributed by atoms with Crippen LogP contribution in [0.5, 0.6) is 0 Å². The van der Waals surface area contributed by atoms with E-state index in [1.165, 1.54) is 11.6 Å². The summed E-state index contributed by atoms with van der Waals surface area (Å²) in [6.07, 6.45) is 2.01. The molecule has 0 bridgehead atoms. The first-order valence-electron chi connectivity index (χ1n) is 9.21. The van der Waals surface area contributed by atoms with E-state index in [4.69, 9.17) is 0 Å². The Morgan fingerprint density at radius 3 is 2.70 bits per heavy atom. The first kappa shape index (κ1) is 18.9. The molecule has 3 rings (SSSR count). The first-order valence-corrected chi connectivity index (χ1v) is 9.21. The van der Waals surface area contributed by atoms with Crippen LogP contribution in [0.2, 0.25) is 0 Å². The minimum atomic E-state index is -0.190. The molecule has 0 aliphatic carbocycles. The fourth-order valence-corrected chi connectivity index (χ4v) is 3.49. The Balaban J connectivity index is 1.79. The molecule has 1 aromatic carbocycles. The van der Waals surface area contributed by atoms with Gasteiger partial charge in [0.2, 0.25) is 11.8 Å². The van der Waals surface area contributed by atoms with Gasteiger partial charge in [-0.05, 0) is 25.0 Å². The highest BCUT2D eigenvalue weighted by molar-refractivity contribution is 5.78. The van der Waals surface area contributed by atoms with E-state index < -0.39 is 0 Å². The average Bonchev–Trinajstić information content (AvgIpc) is 2.97. The summed E-state index contributed by atoms with van der Waals surface area (Å²) < 4.78 is 2.98. The quantitative estimate of drug-likeness (QED) is 0.842. The number of aromatic nitrogens is 3. The maximum atomic E-state index is 12.6. The van der Waals surface area contributed by atoms with Crippen LogP contribution in [-0.4, -0.2) is 50.7 Å².